The zero-order valence-corrected chi connectivity index (χ0v) is 8.79. The summed E-state index contributed by atoms with van der Waals surface area (Å²) in [6.07, 6.45) is 2.69. The van der Waals surface area contributed by atoms with E-state index in [2.05, 4.69) is 18.7 Å². The summed E-state index contributed by atoms with van der Waals surface area (Å²) >= 11 is 5.67. The maximum absolute atomic E-state index is 5.67. The predicted molar refractivity (Wildman–Crippen MR) is 52.8 cm³/mol. The number of alkyl halides is 1. The lowest BCUT2D eigenvalue weighted by atomic mass is 10.2. The summed E-state index contributed by atoms with van der Waals surface area (Å²) in [5, 5.41) is 0. The van der Waals surface area contributed by atoms with Crippen LogP contribution in [0.1, 0.15) is 26.7 Å². The summed E-state index contributed by atoms with van der Waals surface area (Å²) < 4.78 is 0. The van der Waals surface area contributed by atoms with Gasteiger partial charge in [-0.3, -0.25) is 4.90 Å². The molecular weight excluding hydrogens is 181 g/mol. The molecule has 1 rings (SSSR count). The Morgan fingerprint density at radius 2 is 1.73 bits per heavy atom. The fourth-order valence-corrected chi connectivity index (χ4v) is 1.98. The predicted octanol–water partition coefficient (Wildman–Crippen LogP) is 2.52. The highest BCUT2D eigenvalue weighted by molar-refractivity contribution is 6.18. The molecule has 3 heteroatoms. The average Bonchev–Trinajstić information content (AvgIpc) is 2.20. The molecule has 1 aliphatic rings. The van der Waals surface area contributed by atoms with Crippen LogP contribution in [0.15, 0.2) is 0 Å². The van der Waals surface area contributed by atoms with E-state index < -0.39 is 0 Å². The van der Waals surface area contributed by atoms with Gasteiger partial charge in [-0.05, 0) is 26.7 Å². The van der Waals surface area contributed by atoms with E-state index in [0.717, 1.165) is 24.5 Å². The Labute approximate surface area is 80.5 Å². The molecule has 2 unspecified atom stereocenters. The molecule has 1 aliphatic heterocycles. The Balaban J connectivity index is 0.000001000. The molecule has 0 amide bonds. The highest BCUT2D eigenvalue weighted by atomic mass is 35.5. The largest absolute Gasteiger partial charge is 0.297 e. The Hall–Kier alpha value is 0.540. The first-order valence-corrected chi connectivity index (χ1v) is 4.61. The minimum Gasteiger partial charge on any atom is -0.297 e. The summed E-state index contributed by atoms with van der Waals surface area (Å²) in [7, 11) is 0. The van der Waals surface area contributed by atoms with Crippen molar-refractivity contribution in [2.24, 2.45) is 0 Å². The van der Waals surface area contributed by atoms with E-state index in [1.54, 1.807) is 0 Å². The molecule has 1 nitrogen and oxygen atoms in total. The smallest absolute Gasteiger partial charge is 0.0351 e. The molecule has 2 atom stereocenters. The summed E-state index contributed by atoms with van der Waals surface area (Å²) in [4.78, 5) is 2.49. The average molecular weight is 198 g/mol. The molecule has 1 fully saturated rings. The van der Waals surface area contributed by atoms with E-state index in [1.807, 2.05) is 0 Å². The number of hydrogen-bond donors (Lipinski definition) is 0. The number of nitrogens with zero attached hydrogens (tertiary/aromatic N) is 1. The Morgan fingerprint density at radius 3 is 2.09 bits per heavy atom. The number of hydrogen-bond acceptors (Lipinski definition) is 1. The van der Waals surface area contributed by atoms with Gasteiger partial charge in [-0.2, -0.15) is 0 Å². The third-order valence-corrected chi connectivity index (χ3v) is 2.65. The lowest BCUT2D eigenvalue weighted by Gasteiger charge is -2.24. The quantitative estimate of drug-likeness (QED) is 0.616. The van der Waals surface area contributed by atoms with Gasteiger partial charge in [-0.25, -0.2) is 0 Å². The van der Waals surface area contributed by atoms with Gasteiger partial charge in [0.1, 0.15) is 0 Å². The van der Waals surface area contributed by atoms with Crippen LogP contribution >= 0.6 is 24.0 Å². The molecule has 0 bridgehead atoms. The van der Waals surface area contributed by atoms with Crippen LogP contribution in [0.4, 0.5) is 0 Å². The van der Waals surface area contributed by atoms with Gasteiger partial charge in [0.05, 0.1) is 0 Å². The highest BCUT2D eigenvalue weighted by Gasteiger charge is 2.25. The Morgan fingerprint density at radius 1 is 1.27 bits per heavy atom. The van der Waals surface area contributed by atoms with Gasteiger partial charge < -0.3 is 0 Å². The molecule has 1 heterocycles. The molecular formula is C8H17Cl2N. The fourth-order valence-electron chi connectivity index (χ4n) is 1.79. The first-order valence-electron chi connectivity index (χ1n) is 4.07. The standard InChI is InChI=1S/C8H16ClN.ClH/c1-7-3-4-8(2)10(7)6-5-9;/h7-8H,3-6H2,1-2H3;1H. The van der Waals surface area contributed by atoms with Gasteiger partial charge >= 0.3 is 0 Å². The number of rotatable bonds is 2. The number of likely N-dealkylation sites (tertiary alicyclic amines) is 1. The van der Waals surface area contributed by atoms with Crippen molar-refractivity contribution < 1.29 is 0 Å². The maximum Gasteiger partial charge on any atom is 0.0351 e. The van der Waals surface area contributed by atoms with E-state index >= 15 is 0 Å². The van der Waals surface area contributed by atoms with Crippen LogP contribution in [-0.2, 0) is 0 Å². The van der Waals surface area contributed by atoms with Crippen molar-refractivity contribution in [1.82, 2.24) is 4.90 Å². The second kappa shape index (κ2) is 5.23. The first-order chi connectivity index (χ1) is 4.75. The molecule has 1 saturated heterocycles. The van der Waals surface area contributed by atoms with Crippen molar-refractivity contribution in [2.45, 2.75) is 38.8 Å². The van der Waals surface area contributed by atoms with Gasteiger partial charge in [-0.15, -0.1) is 24.0 Å². The molecule has 68 valence electrons. The van der Waals surface area contributed by atoms with Crippen molar-refractivity contribution in [2.75, 3.05) is 12.4 Å². The van der Waals surface area contributed by atoms with Gasteiger partial charge in [0.2, 0.25) is 0 Å². The molecule has 0 aromatic rings. The van der Waals surface area contributed by atoms with Crippen LogP contribution in [0.5, 0.6) is 0 Å². The lowest BCUT2D eigenvalue weighted by molar-refractivity contribution is 0.228. The van der Waals surface area contributed by atoms with Crippen LogP contribution in [0.3, 0.4) is 0 Å². The van der Waals surface area contributed by atoms with Gasteiger partial charge in [0.15, 0.2) is 0 Å². The molecule has 0 aromatic carbocycles. The zero-order valence-electron chi connectivity index (χ0n) is 7.22. The summed E-state index contributed by atoms with van der Waals surface area (Å²) in [5.41, 5.74) is 0. The van der Waals surface area contributed by atoms with E-state index in [0.29, 0.717) is 0 Å². The Bertz CT molecular complexity index is 98.3. The summed E-state index contributed by atoms with van der Waals surface area (Å²) in [5.74, 6) is 0.773. The third-order valence-electron chi connectivity index (χ3n) is 2.48. The fraction of sp³-hybridized carbons (Fsp3) is 1.00. The second-order valence-corrected chi connectivity index (χ2v) is 3.58. The monoisotopic (exact) mass is 197 g/mol. The molecule has 0 radical (unpaired) electrons. The van der Waals surface area contributed by atoms with E-state index in [1.165, 1.54) is 12.8 Å². The van der Waals surface area contributed by atoms with Crippen molar-refractivity contribution in [3.63, 3.8) is 0 Å². The lowest BCUT2D eigenvalue weighted by Crippen LogP contribution is -2.34. The zero-order chi connectivity index (χ0) is 7.56. The molecule has 0 saturated carbocycles. The molecule has 0 N–H and O–H groups in total. The summed E-state index contributed by atoms with van der Waals surface area (Å²) in [6.45, 7) is 5.63. The molecule has 11 heavy (non-hydrogen) atoms. The van der Waals surface area contributed by atoms with Crippen LogP contribution in [0, 0.1) is 0 Å². The topological polar surface area (TPSA) is 3.24 Å². The maximum atomic E-state index is 5.67. The van der Waals surface area contributed by atoms with Crippen LogP contribution in [0.2, 0.25) is 0 Å². The van der Waals surface area contributed by atoms with Gasteiger partial charge in [0.25, 0.3) is 0 Å². The van der Waals surface area contributed by atoms with E-state index in [-0.39, 0.29) is 12.4 Å². The molecule has 0 aliphatic carbocycles. The van der Waals surface area contributed by atoms with Crippen LogP contribution in [0.25, 0.3) is 0 Å². The molecule has 0 aromatic heterocycles. The number of halogens is 2. The first kappa shape index (κ1) is 11.5. The van der Waals surface area contributed by atoms with Crippen LogP contribution in [-0.4, -0.2) is 29.4 Å². The van der Waals surface area contributed by atoms with Crippen LogP contribution < -0.4 is 0 Å². The highest BCUT2D eigenvalue weighted by Crippen LogP contribution is 2.22. The Kier molecular flexibility index (Phi) is 5.49. The SMILES string of the molecule is CC1CCC(C)N1CCCl.Cl. The summed E-state index contributed by atoms with van der Waals surface area (Å²) in [6, 6.07) is 1.52. The van der Waals surface area contributed by atoms with Gasteiger partial charge in [-0.1, -0.05) is 0 Å². The van der Waals surface area contributed by atoms with Gasteiger partial charge in [0, 0.05) is 24.5 Å². The minimum absolute atomic E-state index is 0. The normalized spacial score (nSPS) is 31.9. The van der Waals surface area contributed by atoms with Crippen molar-refractivity contribution in [3.8, 4) is 0 Å². The minimum atomic E-state index is 0. The van der Waals surface area contributed by atoms with Crippen molar-refractivity contribution in [1.29, 1.82) is 0 Å². The molecule has 0 spiro atoms. The third kappa shape index (κ3) is 2.81. The van der Waals surface area contributed by atoms with E-state index in [9.17, 15) is 0 Å². The second-order valence-electron chi connectivity index (χ2n) is 3.20. The van der Waals surface area contributed by atoms with Crippen molar-refractivity contribution >= 4 is 24.0 Å². The van der Waals surface area contributed by atoms with E-state index in [4.69, 9.17) is 11.6 Å². The van der Waals surface area contributed by atoms with Crippen molar-refractivity contribution in [3.05, 3.63) is 0 Å².